The van der Waals surface area contributed by atoms with Crippen molar-refractivity contribution in [3.8, 4) is 0 Å². The number of unbranched alkanes of at least 4 members (excludes halogenated alkanes) is 4. The fraction of sp³-hybridized carbons (Fsp3) is 0.423. The van der Waals surface area contributed by atoms with Gasteiger partial charge in [0.05, 0.1) is 31.0 Å². The number of H-pyrrole nitrogens is 1. The number of alkyl carbamates (subject to hydrolysis) is 1. The molecule has 0 saturated carbocycles. The molecule has 9 nitrogen and oxygen atoms in total. The van der Waals surface area contributed by atoms with Gasteiger partial charge in [-0.3, -0.25) is 4.72 Å². The zero-order chi connectivity index (χ0) is 28.6. The summed E-state index contributed by atoms with van der Waals surface area (Å²) >= 11 is 12.3. The molecule has 1 aromatic heterocycles. The van der Waals surface area contributed by atoms with Gasteiger partial charge >= 0.3 is 6.09 Å². The van der Waals surface area contributed by atoms with E-state index in [1.165, 1.54) is 24.3 Å². The van der Waals surface area contributed by atoms with Gasteiger partial charge in [-0.05, 0) is 70.0 Å². The molecular formula is C26H34Cl2N4O5S2. The first kappa shape index (κ1) is 31.2. The summed E-state index contributed by atoms with van der Waals surface area (Å²) in [4.78, 5) is 15.0. The summed E-state index contributed by atoms with van der Waals surface area (Å²) in [6.45, 7) is 6.62. The zero-order valence-corrected chi connectivity index (χ0v) is 25.2. The van der Waals surface area contributed by atoms with Crippen LogP contribution in [0.4, 0.5) is 10.5 Å². The number of fused-ring (bicyclic) bond motifs is 1. The Kier molecular flexibility index (Phi) is 11.1. The van der Waals surface area contributed by atoms with E-state index in [2.05, 4.69) is 19.7 Å². The van der Waals surface area contributed by atoms with E-state index >= 15 is 0 Å². The first-order chi connectivity index (χ1) is 18.4. The van der Waals surface area contributed by atoms with Gasteiger partial charge in [0.25, 0.3) is 10.0 Å². The topological polar surface area (TPSA) is 129 Å². The highest BCUT2D eigenvalue weighted by Crippen LogP contribution is 2.35. The van der Waals surface area contributed by atoms with Crippen LogP contribution in [0.1, 0.15) is 52.9 Å². The summed E-state index contributed by atoms with van der Waals surface area (Å²) in [5.74, 6) is 0. The van der Waals surface area contributed by atoms with Crippen LogP contribution in [0.15, 0.2) is 52.4 Å². The fourth-order valence-electron chi connectivity index (χ4n) is 3.73. The fourth-order valence-corrected chi connectivity index (χ4v) is 6.24. The molecule has 4 N–H and O–H groups in total. The van der Waals surface area contributed by atoms with Crippen LogP contribution < -0.4 is 14.8 Å². The summed E-state index contributed by atoms with van der Waals surface area (Å²) < 4.78 is 49.2. The number of aromatic amines is 1. The Hall–Kier alpha value is -2.31. The van der Waals surface area contributed by atoms with Crippen LogP contribution in [0.2, 0.25) is 10.0 Å². The normalized spacial score (nSPS) is 12.8. The van der Waals surface area contributed by atoms with Crippen molar-refractivity contribution >= 4 is 66.9 Å². The maximum atomic E-state index is 12.9. The van der Waals surface area contributed by atoms with Gasteiger partial charge in [0, 0.05) is 24.7 Å². The van der Waals surface area contributed by atoms with Crippen LogP contribution in [0.3, 0.4) is 0 Å². The molecule has 0 spiro atoms. The number of carbonyl (C=O) groups excluding carboxylic acids is 1. The number of hydrogen-bond acceptors (Lipinski definition) is 5. The largest absolute Gasteiger partial charge is 0.444 e. The SMILES string of the molecule is CC(C)(C)OC(=O)NCCCCCCCNS(=O)c1ccc(S(=O)(=O)Nc2ccc(Cl)c3c(Cl)c[nH]c23)cc1. The smallest absolute Gasteiger partial charge is 0.407 e. The molecule has 39 heavy (non-hydrogen) atoms. The summed E-state index contributed by atoms with van der Waals surface area (Å²) in [5.41, 5.74) is 0.294. The average Bonchev–Trinajstić information content (AvgIpc) is 3.26. The van der Waals surface area contributed by atoms with Gasteiger partial charge in [-0.15, -0.1) is 0 Å². The first-order valence-corrected chi connectivity index (χ1v) is 16.0. The minimum absolute atomic E-state index is 0.0326. The third-order valence-corrected chi connectivity index (χ3v) is 8.75. The van der Waals surface area contributed by atoms with Crippen molar-refractivity contribution in [3.05, 3.63) is 52.6 Å². The molecule has 13 heteroatoms. The lowest BCUT2D eigenvalue weighted by Gasteiger charge is -2.19. The van der Waals surface area contributed by atoms with Gasteiger partial charge in [-0.25, -0.2) is 22.1 Å². The molecule has 1 amide bonds. The maximum absolute atomic E-state index is 12.9. The predicted molar refractivity (Wildman–Crippen MR) is 157 cm³/mol. The van der Waals surface area contributed by atoms with Crippen molar-refractivity contribution < 1.29 is 22.2 Å². The van der Waals surface area contributed by atoms with Gasteiger partial charge in [0.15, 0.2) is 0 Å². The molecule has 0 aliphatic rings. The van der Waals surface area contributed by atoms with Crippen LogP contribution in [0, 0.1) is 0 Å². The van der Waals surface area contributed by atoms with Gasteiger partial charge < -0.3 is 15.0 Å². The summed E-state index contributed by atoms with van der Waals surface area (Å²) in [6, 6.07) is 9.01. The van der Waals surface area contributed by atoms with E-state index < -0.39 is 32.7 Å². The molecule has 2 aromatic carbocycles. The highest BCUT2D eigenvalue weighted by atomic mass is 35.5. The molecule has 0 aliphatic carbocycles. The highest BCUT2D eigenvalue weighted by Gasteiger charge is 2.19. The number of rotatable bonds is 13. The second kappa shape index (κ2) is 13.8. The van der Waals surface area contributed by atoms with E-state index in [1.54, 1.807) is 18.3 Å². The summed E-state index contributed by atoms with van der Waals surface area (Å²) in [6.07, 6.45) is 5.79. The molecule has 0 aliphatic heterocycles. The second-order valence-corrected chi connectivity index (χ2v) is 13.7. The quantitative estimate of drug-likeness (QED) is 0.166. The lowest BCUT2D eigenvalue weighted by atomic mass is 10.1. The number of benzene rings is 2. The number of anilines is 1. The Labute approximate surface area is 242 Å². The Balaban J connectivity index is 1.40. The number of aromatic nitrogens is 1. The van der Waals surface area contributed by atoms with Crippen LogP contribution >= 0.6 is 23.2 Å². The van der Waals surface area contributed by atoms with Gasteiger partial charge in [0.2, 0.25) is 0 Å². The molecular weight excluding hydrogens is 583 g/mol. The number of hydrogen-bond donors (Lipinski definition) is 4. The Bertz CT molecular complexity index is 1400. The third-order valence-electron chi connectivity index (χ3n) is 5.58. The van der Waals surface area contributed by atoms with Crippen LogP contribution in [0.25, 0.3) is 10.9 Å². The zero-order valence-electron chi connectivity index (χ0n) is 22.1. The Morgan fingerprint density at radius 1 is 0.949 bits per heavy atom. The molecule has 3 aromatic rings. The molecule has 3 rings (SSSR count). The van der Waals surface area contributed by atoms with E-state index in [-0.39, 0.29) is 4.90 Å². The van der Waals surface area contributed by atoms with E-state index in [9.17, 15) is 17.4 Å². The van der Waals surface area contributed by atoms with Crippen molar-refractivity contribution in [2.45, 2.75) is 68.3 Å². The molecule has 0 fully saturated rings. The third kappa shape index (κ3) is 9.39. The van der Waals surface area contributed by atoms with Gasteiger partial charge in [0.1, 0.15) is 16.6 Å². The van der Waals surface area contributed by atoms with Crippen molar-refractivity contribution in [1.82, 2.24) is 15.0 Å². The number of amides is 1. The molecule has 1 unspecified atom stereocenters. The Morgan fingerprint density at radius 2 is 1.59 bits per heavy atom. The molecule has 0 bridgehead atoms. The first-order valence-electron chi connectivity index (χ1n) is 12.6. The van der Waals surface area contributed by atoms with E-state index in [1.807, 2.05) is 20.8 Å². The molecule has 214 valence electrons. The maximum Gasteiger partial charge on any atom is 0.407 e. The highest BCUT2D eigenvalue weighted by molar-refractivity contribution is 7.92. The van der Waals surface area contributed by atoms with Crippen molar-refractivity contribution in [2.24, 2.45) is 0 Å². The average molecular weight is 618 g/mol. The van der Waals surface area contributed by atoms with E-state index in [0.717, 1.165) is 32.1 Å². The standard InChI is InChI=1S/C26H34Cl2N4O5S2/c1-26(2,3)37-25(33)29-15-7-5-4-6-8-16-31-38(34)18-9-11-19(12-10-18)39(35,36)32-22-14-13-20(27)23-21(28)17-30-24(22)23/h9-14,17,30-32H,4-8,15-16H2,1-3H3,(H,29,33). The minimum atomic E-state index is -3.90. The van der Waals surface area contributed by atoms with Crippen LogP contribution in [-0.4, -0.2) is 42.4 Å². The van der Waals surface area contributed by atoms with Gasteiger partial charge in [-0.2, -0.15) is 0 Å². The monoisotopic (exact) mass is 616 g/mol. The lowest BCUT2D eigenvalue weighted by molar-refractivity contribution is 0.0527. The summed E-state index contributed by atoms with van der Waals surface area (Å²) in [7, 11) is -5.36. The van der Waals surface area contributed by atoms with Crippen LogP contribution in [-0.2, 0) is 25.7 Å². The number of sulfonamides is 1. The minimum Gasteiger partial charge on any atom is -0.444 e. The number of ether oxygens (including phenoxy) is 1. The van der Waals surface area contributed by atoms with Crippen molar-refractivity contribution in [3.63, 3.8) is 0 Å². The number of nitrogens with one attached hydrogen (secondary N) is 4. The number of halogens is 2. The molecule has 0 saturated heterocycles. The van der Waals surface area contributed by atoms with E-state index in [4.69, 9.17) is 27.9 Å². The lowest BCUT2D eigenvalue weighted by Crippen LogP contribution is -2.32. The summed E-state index contributed by atoms with van der Waals surface area (Å²) in [5, 5.41) is 4.08. The molecule has 0 radical (unpaired) electrons. The van der Waals surface area contributed by atoms with Crippen molar-refractivity contribution in [1.29, 1.82) is 0 Å². The number of carbonyl (C=O) groups is 1. The Morgan fingerprint density at radius 3 is 2.26 bits per heavy atom. The predicted octanol–water partition coefficient (Wildman–Crippen LogP) is 6.36. The van der Waals surface area contributed by atoms with E-state index in [0.29, 0.717) is 44.6 Å². The second-order valence-electron chi connectivity index (χ2n) is 9.92. The van der Waals surface area contributed by atoms with Crippen molar-refractivity contribution in [2.75, 3.05) is 17.8 Å². The molecule has 1 heterocycles. The molecule has 1 atom stereocenters. The van der Waals surface area contributed by atoms with Gasteiger partial charge in [-0.1, -0.05) is 42.5 Å². The van der Waals surface area contributed by atoms with Crippen LogP contribution in [0.5, 0.6) is 0 Å².